The van der Waals surface area contributed by atoms with E-state index in [-0.39, 0.29) is 6.61 Å². The van der Waals surface area contributed by atoms with E-state index in [1.54, 1.807) is 0 Å². The number of halogens is 2. The average molecular weight is 541 g/mol. The number of hydrogen-bond acceptors (Lipinski definition) is 8. The van der Waals surface area contributed by atoms with Crippen molar-refractivity contribution in [1.82, 2.24) is 0 Å². The van der Waals surface area contributed by atoms with E-state index < -0.39 is 55.9 Å². The summed E-state index contributed by atoms with van der Waals surface area (Å²) in [4.78, 5) is 0. The number of ether oxygens (including phenoxy) is 6. The van der Waals surface area contributed by atoms with E-state index in [1.807, 2.05) is 62.4 Å². The molecule has 10 heteroatoms. The van der Waals surface area contributed by atoms with Crippen LogP contribution >= 0.6 is 0 Å². The van der Waals surface area contributed by atoms with Gasteiger partial charge in [0.15, 0.2) is 24.9 Å². The van der Waals surface area contributed by atoms with Crippen LogP contribution in [0.1, 0.15) is 22.3 Å². The molecule has 212 valence electrons. The van der Waals surface area contributed by atoms with Crippen LogP contribution in [0.15, 0.2) is 48.5 Å². The van der Waals surface area contributed by atoms with Crippen LogP contribution in [-0.4, -0.2) is 87.0 Å². The predicted molar refractivity (Wildman–Crippen MR) is 135 cm³/mol. The summed E-state index contributed by atoms with van der Waals surface area (Å²) in [6.07, 6.45) is -8.30. The van der Waals surface area contributed by atoms with Gasteiger partial charge >= 0.3 is 0 Å². The average Bonchev–Trinajstić information content (AvgIpc) is 3.39. The number of hydrogen-bond donors (Lipinski definition) is 2. The monoisotopic (exact) mass is 540 g/mol. The zero-order valence-corrected chi connectivity index (χ0v) is 22.2. The van der Waals surface area contributed by atoms with Crippen LogP contribution in [0.5, 0.6) is 0 Å². The second-order valence-corrected chi connectivity index (χ2v) is 9.38. The van der Waals surface area contributed by atoms with Crippen LogP contribution in [0, 0.1) is 13.8 Å². The molecular weight excluding hydrogens is 502 g/mol. The van der Waals surface area contributed by atoms with Crippen molar-refractivity contribution >= 4 is 0 Å². The first-order valence-corrected chi connectivity index (χ1v) is 12.5. The fourth-order valence-electron chi connectivity index (χ4n) is 4.09. The minimum absolute atomic E-state index is 0.243. The fraction of sp³-hybridized carbons (Fsp3) is 0.571. The lowest BCUT2D eigenvalue weighted by molar-refractivity contribution is -0.147. The molecule has 0 aliphatic carbocycles. The zero-order chi connectivity index (χ0) is 27.7. The molecule has 38 heavy (non-hydrogen) atoms. The third-order valence-corrected chi connectivity index (χ3v) is 6.40. The second-order valence-electron chi connectivity index (χ2n) is 9.38. The highest BCUT2D eigenvalue weighted by Crippen LogP contribution is 2.28. The van der Waals surface area contributed by atoms with Gasteiger partial charge in [-0.1, -0.05) is 59.7 Å². The first kappa shape index (κ1) is 30.5. The normalized spacial score (nSPS) is 30.7. The van der Waals surface area contributed by atoms with E-state index in [0.29, 0.717) is 13.2 Å². The predicted octanol–water partition coefficient (Wildman–Crippen LogP) is 3.16. The summed E-state index contributed by atoms with van der Waals surface area (Å²) in [6, 6.07) is 16.1. The molecule has 0 aromatic heterocycles. The molecule has 8 nitrogen and oxygen atoms in total. The first-order valence-electron chi connectivity index (χ1n) is 12.5. The number of aliphatic hydroxyl groups is 2. The molecule has 2 aromatic carbocycles. The summed E-state index contributed by atoms with van der Waals surface area (Å²) >= 11 is 0. The van der Waals surface area contributed by atoms with E-state index in [9.17, 15) is 8.78 Å². The molecule has 2 unspecified atom stereocenters. The topological polar surface area (TPSA) is 95.8 Å². The lowest BCUT2D eigenvalue weighted by atomic mass is 10.1. The van der Waals surface area contributed by atoms with Gasteiger partial charge in [0.1, 0.15) is 24.4 Å². The molecule has 2 saturated heterocycles. The van der Waals surface area contributed by atoms with Crippen molar-refractivity contribution in [3.8, 4) is 0 Å². The molecule has 2 aliphatic heterocycles. The van der Waals surface area contributed by atoms with Crippen LogP contribution in [-0.2, 0) is 41.6 Å². The minimum atomic E-state index is -1.57. The van der Waals surface area contributed by atoms with Gasteiger partial charge in [0.2, 0.25) is 0 Å². The summed E-state index contributed by atoms with van der Waals surface area (Å²) in [5, 5.41) is 17.6. The zero-order valence-electron chi connectivity index (χ0n) is 22.2. The maximum atomic E-state index is 14.6. The molecule has 2 aliphatic rings. The number of rotatable bonds is 10. The standard InChI is InChI=1S/C22H27FO4.C6H11FO4/c1-15-4-8-17(9-5-15)12-25-14-19-21(20(23)22(24-3)27-19)26-13-18-10-6-16(2)7-11-18;1-10-6-4(7)5(9)3(2-8)11-6/h4-11,19-22H,12-14H2,1-3H3;3-6,8-9H,2H2,1H3/t19-,20+,21-,22?;3-,4+,5-,6?/m11/s1. The smallest absolute Gasteiger partial charge is 0.191 e. The molecule has 4 rings (SSSR count). The molecule has 2 aromatic rings. The van der Waals surface area contributed by atoms with Gasteiger partial charge in [-0.3, -0.25) is 0 Å². The Morgan fingerprint density at radius 3 is 1.74 bits per heavy atom. The van der Waals surface area contributed by atoms with Gasteiger partial charge < -0.3 is 38.6 Å². The maximum absolute atomic E-state index is 14.6. The number of aliphatic hydroxyl groups excluding tert-OH is 2. The van der Waals surface area contributed by atoms with Crippen molar-refractivity contribution in [3.05, 3.63) is 70.8 Å². The van der Waals surface area contributed by atoms with Crippen LogP contribution in [0.25, 0.3) is 0 Å². The van der Waals surface area contributed by atoms with Crippen LogP contribution < -0.4 is 0 Å². The number of benzene rings is 2. The molecule has 2 N–H and O–H groups in total. The summed E-state index contributed by atoms with van der Waals surface area (Å²) in [7, 11) is 2.72. The summed E-state index contributed by atoms with van der Waals surface area (Å²) in [5.41, 5.74) is 4.43. The summed E-state index contributed by atoms with van der Waals surface area (Å²) in [5.74, 6) is 0. The van der Waals surface area contributed by atoms with Gasteiger partial charge in [-0.05, 0) is 25.0 Å². The third kappa shape index (κ3) is 8.24. The Morgan fingerprint density at radius 1 is 0.763 bits per heavy atom. The van der Waals surface area contributed by atoms with Crippen molar-refractivity contribution < 1.29 is 47.4 Å². The van der Waals surface area contributed by atoms with Gasteiger partial charge in [-0.25, -0.2) is 8.78 Å². The Labute approximate surface area is 222 Å². The maximum Gasteiger partial charge on any atom is 0.191 e. The second kappa shape index (κ2) is 14.9. The highest BCUT2D eigenvalue weighted by atomic mass is 19.1. The van der Waals surface area contributed by atoms with Gasteiger partial charge in [-0.2, -0.15) is 0 Å². The molecule has 0 bridgehead atoms. The van der Waals surface area contributed by atoms with Gasteiger partial charge in [0.05, 0.1) is 26.4 Å². The Kier molecular flexibility index (Phi) is 12.0. The molecule has 0 saturated carbocycles. The van der Waals surface area contributed by atoms with Crippen molar-refractivity contribution in [2.75, 3.05) is 27.4 Å². The molecule has 0 radical (unpaired) electrons. The van der Waals surface area contributed by atoms with Gasteiger partial charge in [0, 0.05) is 14.2 Å². The summed E-state index contributed by atoms with van der Waals surface area (Å²) in [6.45, 7) is 4.67. The lowest BCUT2D eigenvalue weighted by Gasteiger charge is -2.20. The van der Waals surface area contributed by atoms with Crippen molar-refractivity contribution in [2.45, 2.75) is 76.4 Å². The number of methoxy groups -OCH3 is 2. The minimum Gasteiger partial charge on any atom is -0.394 e. The Morgan fingerprint density at radius 2 is 1.26 bits per heavy atom. The Balaban J connectivity index is 0.000000304. The van der Waals surface area contributed by atoms with Gasteiger partial charge in [0.25, 0.3) is 0 Å². The third-order valence-electron chi connectivity index (χ3n) is 6.40. The lowest BCUT2D eigenvalue weighted by Crippen LogP contribution is -2.35. The van der Waals surface area contributed by atoms with E-state index in [4.69, 9.17) is 33.9 Å². The first-order chi connectivity index (χ1) is 18.3. The van der Waals surface area contributed by atoms with Crippen LogP contribution in [0.4, 0.5) is 8.78 Å². The van der Waals surface area contributed by atoms with Crippen LogP contribution in [0.3, 0.4) is 0 Å². The SMILES string of the molecule is COC1O[C@H](CO)[C@@H](O)[C@@H]1F.COC1O[C@H](COCc2ccc(C)cc2)[C@@H](OCc2ccc(C)cc2)[C@@H]1F. The highest BCUT2D eigenvalue weighted by Gasteiger charge is 2.46. The van der Waals surface area contributed by atoms with Gasteiger partial charge in [-0.15, -0.1) is 0 Å². The van der Waals surface area contributed by atoms with Crippen molar-refractivity contribution in [3.63, 3.8) is 0 Å². The molecule has 0 spiro atoms. The quantitative estimate of drug-likeness (QED) is 0.475. The molecular formula is C28H38F2O8. The fourth-order valence-corrected chi connectivity index (χ4v) is 4.09. The van der Waals surface area contributed by atoms with Crippen molar-refractivity contribution in [2.24, 2.45) is 0 Å². The van der Waals surface area contributed by atoms with E-state index in [1.165, 1.54) is 25.3 Å². The van der Waals surface area contributed by atoms with E-state index in [2.05, 4.69) is 4.74 Å². The number of alkyl halides is 2. The van der Waals surface area contributed by atoms with E-state index in [0.717, 1.165) is 11.1 Å². The molecule has 0 amide bonds. The Hall–Kier alpha value is -2.02. The van der Waals surface area contributed by atoms with Crippen LogP contribution in [0.2, 0.25) is 0 Å². The Bertz CT molecular complexity index is 927. The highest BCUT2D eigenvalue weighted by molar-refractivity contribution is 5.21. The number of aryl methyl sites for hydroxylation is 2. The largest absolute Gasteiger partial charge is 0.394 e. The molecule has 2 heterocycles. The van der Waals surface area contributed by atoms with Crippen molar-refractivity contribution in [1.29, 1.82) is 0 Å². The summed E-state index contributed by atoms with van der Waals surface area (Å²) < 4.78 is 59.1. The van der Waals surface area contributed by atoms with E-state index >= 15 is 0 Å². The molecule has 2 fully saturated rings. The molecule has 8 atom stereocenters.